The number of hydrogen-bond acceptors (Lipinski definition) is 6. The lowest BCUT2D eigenvalue weighted by Crippen LogP contribution is -2.36. The zero-order valence-corrected chi connectivity index (χ0v) is 19.6. The van der Waals surface area contributed by atoms with Crippen molar-refractivity contribution in [2.75, 3.05) is 25.0 Å². The van der Waals surface area contributed by atoms with E-state index in [1.165, 1.54) is 12.1 Å². The van der Waals surface area contributed by atoms with Gasteiger partial charge in [-0.25, -0.2) is 4.79 Å². The number of amides is 1. The summed E-state index contributed by atoms with van der Waals surface area (Å²) in [5.41, 5.74) is -0.394. The van der Waals surface area contributed by atoms with Crippen molar-refractivity contribution in [3.05, 3.63) is 54.1 Å². The van der Waals surface area contributed by atoms with E-state index in [0.29, 0.717) is 35.6 Å². The molecule has 0 radical (unpaired) electrons. The van der Waals surface area contributed by atoms with Gasteiger partial charge >= 0.3 is 12.3 Å². The highest BCUT2D eigenvalue weighted by atomic mass is 19.4. The van der Waals surface area contributed by atoms with Crippen LogP contribution in [0.15, 0.2) is 48.5 Å². The second-order valence-electron chi connectivity index (χ2n) is 9.60. The summed E-state index contributed by atoms with van der Waals surface area (Å²) in [6.45, 7) is 5.89. The summed E-state index contributed by atoms with van der Waals surface area (Å²) >= 11 is 0. The Morgan fingerprint density at radius 1 is 1.06 bits per heavy atom. The van der Waals surface area contributed by atoms with Gasteiger partial charge in [-0.3, -0.25) is 0 Å². The highest BCUT2D eigenvalue weighted by Gasteiger charge is 2.37. The van der Waals surface area contributed by atoms with Crippen molar-refractivity contribution in [3.8, 4) is 11.3 Å². The number of aromatic nitrogens is 2. The van der Waals surface area contributed by atoms with Gasteiger partial charge in [0.05, 0.1) is 11.6 Å². The van der Waals surface area contributed by atoms with E-state index in [2.05, 4.69) is 15.5 Å². The molecule has 0 saturated carbocycles. The summed E-state index contributed by atoms with van der Waals surface area (Å²) in [7, 11) is 0. The molecule has 1 aliphatic rings. The second kappa shape index (κ2) is 9.33. The molecule has 7 nitrogen and oxygen atoms in total. The standard InChI is InChI=1S/C25H27F3N4O3/c1-24(2,3)35-23(34)32-12-16(14-33)20(13-32)29-22-19-7-5-4-6-18(19)21(30-31-22)15-8-10-17(11-9-15)25(26,27)28/h4-11,16,20,33H,12-14H2,1-3H3,(H,29,31)/t16-,20+/m1/s1. The second-order valence-corrected chi connectivity index (χ2v) is 9.60. The van der Waals surface area contributed by atoms with Crippen LogP contribution in [0, 0.1) is 5.92 Å². The van der Waals surface area contributed by atoms with Crippen LogP contribution in [-0.4, -0.2) is 57.6 Å². The molecule has 4 rings (SSSR count). The van der Waals surface area contributed by atoms with Gasteiger partial charge in [0.2, 0.25) is 0 Å². The number of nitrogens with zero attached hydrogens (tertiary/aromatic N) is 3. The van der Waals surface area contributed by atoms with Crippen LogP contribution in [0.1, 0.15) is 26.3 Å². The SMILES string of the molecule is CC(C)(C)OC(=O)N1C[C@H](CO)[C@@H](Nc2nnc(-c3ccc(C(F)(F)F)cc3)c3ccccc23)C1. The number of rotatable bonds is 4. The number of halogens is 3. The summed E-state index contributed by atoms with van der Waals surface area (Å²) in [6, 6.07) is 11.8. The van der Waals surface area contributed by atoms with Crippen molar-refractivity contribution >= 4 is 22.7 Å². The summed E-state index contributed by atoms with van der Waals surface area (Å²) in [5.74, 6) is 0.225. The van der Waals surface area contributed by atoms with Crippen LogP contribution in [0.3, 0.4) is 0 Å². The van der Waals surface area contributed by atoms with Gasteiger partial charge in [-0.15, -0.1) is 10.2 Å². The van der Waals surface area contributed by atoms with Crippen molar-refractivity contribution in [1.82, 2.24) is 15.1 Å². The molecule has 0 spiro atoms. The van der Waals surface area contributed by atoms with Gasteiger partial charge in [-0.05, 0) is 32.9 Å². The van der Waals surface area contributed by atoms with Crippen LogP contribution in [0.4, 0.5) is 23.8 Å². The van der Waals surface area contributed by atoms with Crippen molar-refractivity contribution in [2.24, 2.45) is 5.92 Å². The molecule has 10 heteroatoms. The topological polar surface area (TPSA) is 87.6 Å². The molecule has 0 unspecified atom stereocenters. The number of fused-ring (bicyclic) bond motifs is 1. The average molecular weight is 489 g/mol. The predicted molar refractivity (Wildman–Crippen MR) is 126 cm³/mol. The van der Waals surface area contributed by atoms with Gasteiger partial charge in [0.1, 0.15) is 11.3 Å². The molecule has 1 fully saturated rings. The predicted octanol–water partition coefficient (Wildman–Crippen LogP) is 4.96. The third-order valence-corrected chi connectivity index (χ3v) is 5.82. The highest BCUT2D eigenvalue weighted by Crippen LogP contribution is 2.34. The van der Waals surface area contributed by atoms with E-state index >= 15 is 0 Å². The number of benzene rings is 2. The molecule has 1 aromatic heterocycles. The Morgan fingerprint density at radius 2 is 1.71 bits per heavy atom. The fraction of sp³-hybridized carbons (Fsp3) is 0.400. The van der Waals surface area contributed by atoms with Crippen molar-refractivity contribution in [2.45, 2.75) is 38.6 Å². The zero-order chi connectivity index (χ0) is 25.4. The number of likely N-dealkylation sites (tertiary alicyclic amines) is 1. The van der Waals surface area contributed by atoms with E-state index in [0.717, 1.165) is 17.5 Å². The largest absolute Gasteiger partial charge is 0.444 e. The fourth-order valence-corrected chi connectivity index (χ4v) is 4.11. The zero-order valence-electron chi connectivity index (χ0n) is 19.6. The minimum Gasteiger partial charge on any atom is -0.444 e. The molecule has 2 atom stereocenters. The molecule has 1 aliphatic heterocycles. The lowest BCUT2D eigenvalue weighted by molar-refractivity contribution is -0.137. The number of alkyl halides is 3. The molecule has 3 aromatic rings. The third-order valence-electron chi connectivity index (χ3n) is 5.82. The van der Waals surface area contributed by atoms with Gasteiger partial charge in [-0.2, -0.15) is 13.2 Å². The molecule has 35 heavy (non-hydrogen) atoms. The van der Waals surface area contributed by atoms with Crippen molar-refractivity contribution in [3.63, 3.8) is 0 Å². The van der Waals surface area contributed by atoms with Crippen LogP contribution in [-0.2, 0) is 10.9 Å². The van der Waals surface area contributed by atoms with Gasteiger partial charge < -0.3 is 20.1 Å². The Bertz CT molecular complexity index is 1210. The van der Waals surface area contributed by atoms with E-state index in [9.17, 15) is 23.1 Å². The Kier molecular flexibility index (Phi) is 6.59. The Morgan fingerprint density at radius 3 is 2.31 bits per heavy atom. The first kappa shape index (κ1) is 24.7. The maximum Gasteiger partial charge on any atom is 0.416 e. The molecular formula is C25H27F3N4O3. The van der Waals surface area contributed by atoms with Crippen molar-refractivity contribution < 1.29 is 27.8 Å². The summed E-state index contributed by atoms with van der Waals surface area (Å²) in [6.07, 6.45) is -4.87. The minimum absolute atomic E-state index is 0.133. The number of hydrogen-bond donors (Lipinski definition) is 2. The Hall–Kier alpha value is -3.40. The Balaban J connectivity index is 1.61. The number of ether oxygens (including phenoxy) is 1. The molecule has 0 aliphatic carbocycles. The third kappa shape index (κ3) is 5.48. The molecular weight excluding hydrogens is 461 g/mol. The number of nitrogens with one attached hydrogen (secondary N) is 1. The maximum atomic E-state index is 13.0. The minimum atomic E-state index is -4.42. The number of carbonyl (C=O) groups excluding carboxylic acids is 1. The van der Waals surface area contributed by atoms with Crippen LogP contribution in [0.2, 0.25) is 0 Å². The van der Waals surface area contributed by atoms with E-state index in [-0.39, 0.29) is 18.6 Å². The highest BCUT2D eigenvalue weighted by molar-refractivity contribution is 6.00. The number of aliphatic hydroxyl groups excluding tert-OH is 1. The first-order chi connectivity index (χ1) is 16.5. The Labute approximate surface area is 200 Å². The van der Waals surface area contributed by atoms with E-state index in [1.807, 2.05) is 24.3 Å². The molecule has 2 aromatic carbocycles. The first-order valence-electron chi connectivity index (χ1n) is 11.2. The quantitative estimate of drug-likeness (QED) is 0.540. The maximum absolute atomic E-state index is 13.0. The molecule has 186 valence electrons. The van der Waals surface area contributed by atoms with Crippen LogP contribution in [0.25, 0.3) is 22.0 Å². The lowest BCUT2D eigenvalue weighted by atomic mass is 10.0. The lowest BCUT2D eigenvalue weighted by Gasteiger charge is -2.24. The monoisotopic (exact) mass is 488 g/mol. The van der Waals surface area contributed by atoms with E-state index < -0.39 is 23.4 Å². The molecule has 1 saturated heterocycles. The average Bonchev–Trinajstić information content (AvgIpc) is 3.21. The van der Waals surface area contributed by atoms with E-state index in [1.54, 1.807) is 25.7 Å². The number of anilines is 1. The van der Waals surface area contributed by atoms with Crippen LogP contribution >= 0.6 is 0 Å². The van der Waals surface area contributed by atoms with E-state index in [4.69, 9.17) is 4.74 Å². The molecule has 1 amide bonds. The van der Waals surface area contributed by atoms with Gasteiger partial charge in [0, 0.05) is 42.0 Å². The summed E-state index contributed by atoms with van der Waals surface area (Å²) < 4.78 is 44.3. The van der Waals surface area contributed by atoms with Gasteiger partial charge in [0.15, 0.2) is 5.82 Å². The summed E-state index contributed by atoms with van der Waals surface area (Å²) in [4.78, 5) is 14.1. The van der Waals surface area contributed by atoms with Gasteiger partial charge in [0.25, 0.3) is 0 Å². The number of carbonyl (C=O) groups is 1. The van der Waals surface area contributed by atoms with Gasteiger partial charge in [-0.1, -0.05) is 36.4 Å². The summed E-state index contributed by atoms with van der Waals surface area (Å²) in [5, 5.41) is 23.3. The smallest absolute Gasteiger partial charge is 0.416 e. The molecule has 0 bridgehead atoms. The normalized spacial score (nSPS) is 18.7. The molecule has 2 N–H and O–H groups in total. The van der Waals surface area contributed by atoms with Crippen molar-refractivity contribution in [1.29, 1.82) is 0 Å². The first-order valence-corrected chi connectivity index (χ1v) is 11.2. The molecule has 2 heterocycles. The fourth-order valence-electron chi connectivity index (χ4n) is 4.11. The number of aliphatic hydroxyl groups is 1. The van der Waals surface area contributed by atoms with Crippen LogP contribution in [0.5, 0.6) is 0 Å². The van der Waals surface area contributed by atoms with Crippen LogP contribution < -0.4 is 5.32 Å².